The number of carbonyl (C=O) groups excluding carboxylic acids is 1. The molecule has 4 aliphatic carbocycles. The van der Waals surface area contributed by atoms with Gasteiger partial charge < -0.3 is 56.8 Å². The van der Waals surface area contributed by atoms with Crippen LogP contribution in [0.5, 0.6) is 0 Å². The Morgan fingerprint density at radius 3 is 2.55 bits per heavy atom. The number of aliphatic hydroxyl groups excluding tert-OH is 5. The van der Waals surface area contributed by atoms with Gasteiger partial charge in [-0.15, -0.1) is 0 Å². The summed E-state index contributed by atoms with van der Waals surface area (Å²) in [7, 11) is 0. The molecule has 0 amide bonds. The van der Waals surface area contributed by atoms with E-state index in [9.17, 15) is 40.5 Å². The molecule has 4 fully saturated rings. The van der Waals surface area contributed by atoms with Crippen molar-refractivity contribution in [1.29, 1.82) is 0 Å². The van der Waals surface area contributed by atoms with Crippen molar-refractivity contribution in [2.24, 2.45) is 46.2 Å². The van der Waals surface area contributed by atoms with E-state index in [-0.39, 0.29) is 74.2 Å². The van der Waals surface area contributed by atoms with E-state index < -0.39 is 64.4 Å². The number of ketones is 1. The number of dihydropyridines is 1. The molecule has 55 heavy (non-hydrogen) atoms. The number of unbranched alkanes of at least 4 members (excludes halogenated alkanes) is 3. The van der Waals surface area contributed by atoms with E-state index in [0.717, 1.165) is 31.3 Å². The van der Waals surface area contributed by atoms with E-state index in [2.05, 4.69) is 24.5 Å². The lowest BCUT2D eigenvalue weighted by Crippen LogP contribution is -2.66. The first kappa shape index (κ1) is 42.7. The maximum atomic E-state index is 15.0. The third kappa shape index (κ3) is 7.50. The Bertz CT molecular complexity index is 1470. The summed E-state index contributed by atoms with van der Waals surface area (Å²) in [6.07, 6.45) is 9.17. The van der Waals surface area contributed by atoms with Crippen molar-refractivity contribution in [2.75, 3.05) is 19.8 Å². The zero-order valence-electron chi connectivity index (χ0n) is 33.6. The number of hydrogen-bond acceptors (Lipinski definition) is 12. The van der Waals surface area contributed by atoms with Gasteiger partial charge in [0, 0.05) is 30.7 Å². The lowest BCUT2D eigenvalue weighted by atomic mass is 9.43. The van der Waals surface area contributed by atoms with Crippen LogP contribution in [0.15, 0.2) is 35.2 Å². The Labute approximate surface area is 327 Å². The van der Waals surface area contributed by atoms with Crippen LogP contribution in [-0.4, -0.2) is 109 Å². The van der Waals surface area contributed by atoms with Crippen molar-refractivity contribution in [3.8, 4) is 0 Å². The fourth-order valence-corrected chi connectivity index (χ4v) is 12.5. The summed E-state index contributed by atoms with van der Waals surface area (Å²) >= 11 is 0. The second kappa shape index (κ2) is 16.8. The third-order valence-electron chi connectivity index (χ3n) is 15.5. The van der Waals surface area contributed by atoms with Gasteiger partial charge in [-0.1, -0.05) is 45.6 Å². The van der Waals surface area contributed by atoms with E-state index in [1.54, 1.807) is 13.8 Å². The minimum absolute atomic E-state index is 0.0211. The molecule has 0 radical (unpaired) electrons. The number of fused-ring (bicyclic) bond motifs is 5. The van der Waals surface area contributed by atoms with Gasteiger partial charge in [0.05, 0.1) is 54.1 Å². The van der Waals surface area contributed by atoms with Gasteiger partial charge in [-0.2, -0.15) is 0 Å². The standard InChI is InChI=1S/C43H71N3O9/c1-5-6-7-8-9-28-24-55-38(26(28)3)39(52)40(4,53)33-14-17-43(54)35-29(13-16-42(33,43)18-19-47)41(15-12-27-10-11-34(44)45-23-27)21-32(50)31(49)20-30(41)37(51)36(35)46-22-25(2)48/h10-11,23,25-26,28-34,38-39,45-50,52-54H,5-9,12-22,24,44H2,1-4H3/t25-,26-,28+,29-,30-,31+,32-,33+,34?,38+,39+,40+,41+,42-,43+/m0/s1. The molecular formula is C43H71N3O9. The molecule has 0 aromatic heterocycles. The molecule has 2 aliphatic heterocycles. The highest BCUT2D eigenvalue weighted by Crippen LogP contribution is 2.71. The van der Waals surface area contributed by atoms with E-state index in [1.165, 1.54) is 6.42 Å². The number of rotatable bonds is 16. The molecule has 6 rings (SSSR count). The smallest absolute Gasteiger partial charge is 0.182 e. The minimum atomic E-state index is -1.70. The highest BCUT2D eigenvalue weighted by Gasteiger charge is 2.72. The second-order valence-electron chi connectivity index (χ2n) is 18.6. The molecule has 6 aliphatic rings. The summed E-state index contributed by atoms with van der Waals surface area (Å²) in [5.74, 6) is -1.63. The van der Waals surface area contributed by atoms with Crippen LogP contribution in [0, 0.1) is 40.4 Å². The summed E-state index contributed by atoms with van der Waals surface area (Å²) in [6, 6.07) is 0. The summed E-state index contributed by atoms with van der Waals surface area (Å²) in [5, 5.41) is 88.2. The Morgan fingerprint density at radius 1 is 1.11 bits per heavy atom. The molecule has 15 atom stereocenters. The average Bonchev–Trinajstić information content (AvgIpc) is 3.67. The normalized spacial score (nSPS) is 42.1. The van der Waals surface area contributed by atoms with Gasteiger partial charge in [0.25, 0.3) is 0 Å². The Hall–Kier alpha value is -1.87. The SMILES string of the molecule is CCCCCC[C@@H]1CO[C@@H]([C@@H](O)[C@](C)(O)[C@H]2CC[C@@]3(O)C4=C(NC[C@H](C)O)C(=O)[C@@H]5C[C@@H](O)[C@@H](O)C[C@]5(CCC5=CNC(N)C=C5)[C@H]4CC[C@]23CCO)[C@H]1C. The highest BCUT2D eigenvalue weighted by atomic mass is 16.5. The van der Waals surface area contributed by atoms with Crippen molar-refractivity contribution in [2.45, 2.75) is 165 Å². The molecule has 0 aromatic rings. The van der Waals surface area contributed by atoms with Crippen LogP contribution in [0.2, 0.25) is 0 Å². The number of nitrogens with one attached hydrogen (secondary N) is 2. The van der Waals surface area contributed by atoms with Gasteiger partial charge in [-0.05, 0) is 124 Å². The molecule has 1 saturated heterocycles. The van der Waals surface area contributed by atoms with Crippen LogP contribution < -0.4 is 16.4 Å². The molecular weight excluding hydrogens is 702 g/mol. The summed E-state index contributed by atoms with van der Waals surface area (Å²) in [4.78, 5) is 15.0. The maximum absolute atomic E-state index is 15.0. The summed E-state index contributed by atoms with van der Waals surface area (Å²) in [5.41, 5.74) is 2.50. The topological polar surface area (TPSA) is 218 Å². The van der Waals surface area contributed by atoms with Gasteiger partial charge in [0.15, 0.2) is 5.78 Å². The van der Waals surface area contributed by atoms with Crippen molar-refractivity contribution >= 4 is 5.78 Å². The molecule has 0 aromatic carbocycles. The van der Waals surface area contributed by atoms with E-state index in [4.69, 9.17) is 10.5 Å². The first-order chi connectivity index (χ1) is 26.1. The van der Waals surface area contributed by atoms with Crippen molar-refractivity contribution in [3.05, 3.63) is 35.2 Å². The number of aliphatic hydroxyl groups is 7. The lowest BCUT2D eigenvalue weighted by molar-refractivity contribution is -0.204. The van der Waals surface area contributed by atoms with Crippen LogP contribution in [0.3, 0.4) is 0 Å². The molecule has 11 N–H and O–H groups in total. The molecule has 0 bridgehead atoms. The first-order valence-corrected chi connectivity index (χ1v) is 21.4. The number of hydrogen-bond donors (Lipinski definition) is 10. The zero-order valence-corrected chi connectivity index (χ0v) is 33.6. The number of allylic oxidation sites excluding steroid dienone is 3. The lowest BCUT2D eigenvalue weighted by Gasteiger charge is -2.63. The number of ether oxygens (including phenoxy) is 1. The Kier molecular flexibility index (Phi) is 13.0. The largest absolute Gasteiger partial charge is 0.396 e. The molecule has 2 heterocycles. The molecule has 12 nitrogen and oxygen atoms in total. The van der Waals surface area contributed by atoms with Crippen LogP contribution in [0.1, 0.15) is 118 Å². The maximum Gasteiger partial charge on any atom is 0.182 e. The predicted octanol–water partition coefficient (Wildman–Crippen LogP) is 2.67. The van der Waals surface area contributed by atoms with Gasteiger partial charge >= 0.3 is 0 Å². The second-order valence-corrected chi connectivity index (χ2v) is 18.6. The average molecular weight is 774 g/mol. The van der Waals surface area contributed by atoms with Gasteiger partial charge in [-0.3, -0.25) is 4.79 Å². The Balaban J connectivity index is 1.39. The summed E-state index contributed by atoms with van der Waals surface area (Å²) in [6.45, 7) is 7.87. The van der Waals surface area contributed by atoms with Crippen molar-refractivity contribution in [3.63, 3.8) is 0 Å². The molecule has 1 unspecified atom stereocenters. The van der Waals surface area contributed by atoms with Crippen molar-refractivity contribution < 1.29 is 45.3 Å². The van der Waals surface area contributed by atoms with Crippen molar-refractivity contribution in [1.82, 2.24) is 10.6 Å². The molecule has 312 valence electrons. The number of carbonyl (C=O) groups is 1. The fourth-order valence-electron chi connectivity index (χ4n) is 12.5. The van der Waals surface area contributed by atoms with Crippen LogP contribution in [0.25, 0.3) is 0 Å². The molecule has 12 heteroatoms. The van der Waals surface area contributed by atoms with E-state index in [0.29, 0.717) is 44.3 Å². The van der Waals surface area contributed by atoms with Crippen LogP contribution in [-0.2, 0) is 9.53 Å². The highest BCUT2D eigenvalue weighted by molar-refractivity contribution is 6.00. The van der Waals surface area contributed by atoms with E-state index >= 15 is 0 Å². The minimum Gasteiger partial charge on any atom is -0.396 e. The Morgan fingerprint density at radius 2 is 1.87 bits per heavy atom. The van der Waals surface area contributed by atoms with Gasteiger partial charge in [0.2, 0.25) is 0 Å². The molecule has 0 spiro atoms. The number of Topliss-reactive ketones (excluding diaryl/α,β-unsaturated/α-hetero) is 1. The fraction of sp³-hybridized carbons (Fsp3) is 0.837. The molecule has 3 saturated carbocycles. The third-order valence-corrected chi connectivity index (χ3v) is 15.5. The monoisotopic (exact) mass is 774 g/mol. The van der Waals surface area contributed by atoms with Crippen LogP contribution >= 0.6 is 0 Å². The predicted molar refractivity (Wildman–Crippen MR) is 209 cm³/mol. The summed E-state index contributed by atoms with van der Waals surface area (Å²) < 4.78 is 6.27. The number of nitrogens with two attached hydrogens (primary N) is 1. The van der Waals surface area contributed by atoms with Crippen LogP contribution in [0.4, 0.5) is 0 Å². The zero-order chi connectivity index (χ0) is 39.9. The van der Waals surface area contributed by atoms with E-state index in [1.807, 2.05) is 18.4 Å². The first-order valence-electron chi connectivity index (χ1n) is 21.4. The quantitative estimate of drug-likeness (QED) is 0.103. The van der Waals surface area contributed by atoms with Gasteiger partial charge in [-0.25, -0.2) is 0 Å². The van der Waals surface area contributed by atoms with Gasteiger partial charge in [0.1, 0.15) is 6.10 Å².